The summed E-state index contributed by atoms with van der Waals surface area (Å²) in [4.78, 5) is 21.8. The number of benzene rings is 1. The first-order chi connectivity index (χ1) is 9.55. The Morgan fingerprint density at radius 3 is 2.50 bits per heavy atom. The molecule has 0 bridgehead atoms. The van der Waals surface area contributed by atoms with Crippen LogP contribution in [0, 0.1) is 10.1 Å². The molecule has 108 valence electrons. The summed E-state index contributed by atoms with van der Waals surface area (Å²) in [6.45, 7) is 0.435. The first-order valence-corrected chi connectivity index (χ1v) is 5.98. The van der Waals surface area contributed by atoms with E-state index in [1.807, 2.05) is 0 Å². The average Bonchev–Trinajstić information content (AvgIpc) is 2.83. The Labute approximate surface area is 115 Å². The molecule has 2 N–H and O–H groups in total. The molecular weight excluding hydrogens is 266 g/mol. The molecule has 0 aliphatic carbocycles. The SMILES string of the molecule is COc1cc(NC2CNC(=O)C2)c([N+](=O)[O-])cc1OC. The largest absolute Gasteiger partial charge is 0.493 e. The predicted molar refractivity (Wildman–Crippen MR) is 71.2 cm³/mol. The summed E-state index contributed by atoms with van der Waals surface area (Å²) in [5.74, 6) is 0.592. The lowest BCUT2D eigenvalue weighted by Gasteiger charge is -2.15. The molecule has 20 heavy (non-hydrogen) atoms. The molecule has 8 heteroatoms. The fraction of sp³-hybridized carbons (Fsp3) is 0.417. The van der Waals surface area contributed by atoms with Crippen molar-refractivity contribution in [2.45, 2.75) is 12.5 Å². The topological polar surface area (TPSA) is 103 Å². The number of nitrogens with zero attached hydrogens (tertiary/aromatic N) is 1. The van der Waals surface area contributed by atoms with Gasteiger partial charge >= 0.3 is 0 Å². The summed E-state index contributed by atoms with van der Waals surface area (Å²) in [6.07, 6.45) is 0.283. The predicted octanol–water partition coefficient (Wildman–Crippen LogP) is 0.912. The van der Waals surface area contributed by atoms with E-state index in [1.165, 1.54) is 26.4 Å². The van der Waals surface area contributed by atoms with Gasteiger partial charge in [0.15, 0.2) is 11.5 Å². The summed E-state index contributed by atoms with van der Waals surface area (Å²) in [7, 11) is 2.86. The van der Waals surface area contributed by atoms with Crippen molar-refractivity contribution in [2.75, 3.05) is 26.1 Å². The second-order valence-electron chi connectivity index (χ2n) is 4.33. The minimum Gasteiger partial charge on any atom is -0.493 e. The van der Waals surface area contributed by atoms with Gasteiger partial charge in [0.1, 0.15) is 5.69 Å². The number of anilines is 1. The highest BCUT2D eigenvalue weighted by Crippen LogP contribution is 2.38. The lowest BCUT2D eigenvalue weighted by molar-refractivity contribution is -0.384. The Kier molecular flexibility index (Phi) is 3.92. The van der Waals surface area contributed by atoms with E-state index in [0.29, 0.717) is 18.0 Å². The zero-order chi connectivity index (χ0) is 14.7. The number of nitro benzene ring substituents is 1. The van der Waals surface area contributed by atoms with Gasteiger partial charge in [-0.05, 0) is 0 Å². The van der Waals surface area contributed by atoms with Crippen molar-refractivity contribution >= 4 is 17.3 Å². The number of ether oxygens (including phenoxy) is 2. The Morgan fingerprint density at radius 1 is 1.35 bits per heavy atom. The molecule has 1 amide bonds. The molecule has 1 aliphatic heterocycles. The Balaban J connectivity index is 2.34. The quantitative estimate of drug-likeness (QED) is 0.614. The first-order valence-electron chi connectivity index (χ1n) is 5.98. The lowest BCUT2D eigenvalue weighted by atomic mass is 10.2. The Hall–Kier alpha value is -2.51. The molecule has 8 nitrogen and oxygen atoms in total. The summed E-state index contributed by atoms with van der Waals surface area (Å²) in [6, 6.07) is 2.62. The van der Waals surface area contributed by atoms with Crippen LogP contribution in [0.2, 0.25) is 0 Å². The zero-order valence-corrected chi connectivity index (χ0v) is 11.1. The van der Waals surface area contributed by atoms with E-state index < -0.39 is 4.92 Å². The van der Waals surface area contributed by atoms with Crippen molar-refractivity contribution in [3.05, 3.63) is 22.2 Å². The van der Waals surface area contributed by atoms with Crippen molar-refractivity contribution in [1.82, 2.24) is 5.32 Å². The van der Waals surface area contributed by atoms with Gasteiger partial charge in [0.2, 0.25) is 5.91 Å². The first kappa shape index (κ1) is 13.9. The van der Waals surface area contributed by atoms with Crippen LogP contribution < -0.4 is 20.1 Å². The molecule has 0 saturated carbocycles. The zero-order valence-electron chi connectivity index (χ0n) is 11.1. The molecule has 2 rings (SSSR count). The average molecular weight is 281 g/mol. The third-order valence-electron chi connectivity index (χ3n) is 3.04. The minimum atomic E-state index is -0.505. The van der Waals surface area contributed by atoms with E-state index in [2.05, 4.69) is 10.6 Å². The maximum atomic E-state index is 11.2. The highest BCUT2D eigenvalue weighted by molar-refractivity contribution is 5.80. The number of carbonyl (C=O) groups excluding carboxylic acids is 1. The molecular formula is C12H15N3O5. The van der Waals surface area contributed by atoms with Gasteiger partial charge < -0.3 is 20.1 Å². The molecule has 1 unspecified atom stereocenters. The number of nitro groups is 1. The van der Waals surface area contributed by atoms with Gasteiger partial charge in [0.05, 0.1) is 31.3 Å². The Morgan fingerprint density at radius 2 is 2.00 bits per heavy atom. The molecule has 0 aromatic heterocycles. The number of hydrogen-bond donors (Lipinski definition) is 2. The molecule has 1 saturated heterocycles. The maximum absolute atomic E-state index is 11.2. The van der Waals surface area contributed by atoms with Crippen LogP contribution in [-0.4, -0.2) is 37.6 Å². The third-order valence-corrected chi connectivity index (χ3v) is 3.04. The summed E-state index contributed by atoms with van der Waals surface area (Å²) >= 11 is 0. The van der Waals surface area contributed by atoms with E-state index in [9.17, 15) is 14.9 Å². The van der Waals surface area contributed by atoms with Crippen molar-refractivity contribution in [3.8, 4) is 11.5 Å². The van der Waals surface area contributed by atoms with Crippen molar-refractivity contribution in [2.24, 2.45) is 0 Å². The second kappa shape index (κ2) is 5.64. The third kappa shape index (κ3) is 2.73. The molecule has 1 aliphatic rings. The van der Waals surface area contributed by atoms with Crippen molar-refractivity contribution in [1.29, 1.82) is 0 Å². The van der Waals surface area contributed by atoms with Crippen molar-refractivity contribution < 1.29 is 19.2 Å². The van der Waals surface area contributed by atoms with Crippen LogP contribution in [0.4, 0.5) is 11.4 Å². The monoisotopic (exact) mass is 281 g/mol. The standard InChI is InChI=1S/C12H15N3O5/c1-19-10-4-8(14-7-3-12(16)13-6-7)9(15(17)18)5-11(10)20-2/h4-5,7,14H,3,6H2,1-2H3,(H,13,16). The highest BCUT2D eigenvalue weighted by atomic mass is 16.6. The van der Waals surface area contributed by atoms with Crippen LogP contribution in [-0.2, 0) is 4.79 Å². The Bertz CT molecular complexity index is 546. The molecule has 1 heterocycles. The minimum absolute atomic E-state index is 0.0781. The van der Waals surface area contributed by atoms with E-state index >= 15 is 0 Å². The van der Waals surface area contributed by atoms with Gasteiger partial charge in [-0.2, -0.15) is 0 Å². The molecule has 1 aromatic rings. The molecule has 1 fully saturated rings. The van der Waals surface area contributed by atoms with Crippen LogP contribution in [0.25, 0.3) is 0 Å². The number of methoxy groups -OCH3 is 2. The lowest BCUT2D eigenvalue weighted by Crippen LogP contribution is -2.22. The van der Waals surface area contributed by atoms with Crippen LogP contribution in [0.5, 0.6) is 11.5 Å². The van der Waals surface area contributed by atoms with Crippen LogP contribution in [0.3, 0.4) is 0 Å². The molecule has 1 aromatic carbocycles. The smallest absolute Gasteiger partial charge is 0.296 e. The number of rotatable bonds is 5. The fourth-order valence-electron chi connectivity index (χ4n) is 2.06. The molecule has 1 atom stereocenters. The molecule has 0 spiro atoms. The normalized spacial score (nSPS) is 17.5. The second-order valence-corrected chi connectivity index (χ2v) is 4.33. The highest BCUT2D eigenvalue weighted by Gasteiger charge is 2.26. The number of hydrogen-bond acceptors (Lipinski definition) is 6. The van der Waals surface area contributed by atoms with Gasteiger partial charge in [0.25, 0.3) is 5.69 Å². The van der Waals surface area contributed by atoms with E-state index in [4.69, 9.17) is 9.47 Å². The number of amides is 1. The van der Waals surface area contributed by atoms with Crippen molar-refractivity contribution in [3.63, 3.8) is 0 Å². The van der Waals surface area contributed by atoms with Gasteiger partial charge in [-0.25, -0.2) is 0 Å². The molecule has 0 radical (unpaired) electrons. The van der Waals surface area contributed by atoms with E-state index in [1.54, 1.807) is 0 Å². The summed E-state index contributed by atoms with van der Waals surface area (Å²) < 4.78 is 10.2. The van der Waals surface area contributed by atoms with Gasteiger partial charge in [-0.1, -0.05) is 0 Å². The number of nitrogens with one attached hydrogen (secondary N) is 2. The fourth-order valence-corrected chi connectivity index (χ4v) is 2.06. The van der Waals surface area contributed by atoms with Crippen LogP contribution >= 0.6 is 0 Å². The number of carbonyl (C=O) groups is 1. The van der Waals surface area contributed by atoms with E-state index in [0.717, 1.165) is 0 Å². The van der Waals surface area contributed by atoms with Gasteiger partial charge in [0, 0.05) is 19.0 Å². The van der Waals surface area contributed by atoms with Crippen LogP contribution in [0.1, 0.15) is 6.42 Å². The summed E-state index contributed by atoms with van der Waals surface area (Å²) in [5, 5.41) is 16.8. The van der Waals surface area contributed by atoms with Gasteiger partial charge in [-0.15, -0.1) is 0 Å². The van der Waals surface area contributed by atoms with Gasteiger partial charge in [-0.3, -0.25) is 14.9 Å². The van der Waals surface area contributed by atoms with Crippen LogP contribution in [0.15, 0.2) is 12.1 Å². The summed E-state index contributed by atoms with van der Waals surface area (Å²) in [5.41, 5.74) is 0.177. The van der Waals surface area contributed by atoms with E-state index in [-0.39, 0.29) is 29.8 Å². The maximum Gasteiger partial charge on any atom is 0.296 e.